The third-order valence-electron chi connectivity index (χ3n) is 4.39. The number of benzene rings is 1. The smallest absolute Gasteiger partial charge is 0.128 e. The van der Waals surface area contributed by atoms with Gasteiger partial charge in [0, 0.05) is 35.2 Å². The lowest BCUT2D eigenvalue weighted by molar-refractivity contribution is 0.122. The molecule has 20 heavy (non-hydrogen) atoms. The highest BCUT2D eigenvalue weighted by Gasteiger charge is 2.35. The number of halogens is 1. The molecule has 2 nitrogen and oxygen atoms in total. The molecule has 0 aromatic heterocycles. The van der Waals surface area contributed by atoms with E-state index in [1.165, 1.54) is 6.07 Å². The molecule has 4 heteroatoms. The molecule has 1 aromatic carbocycles. The van der Waals surface area contributed by atoms with Crippen molar-refractivity contribution in [2.75, 3.05) is 12.3 Å². The van der Waals surface area contributed by atoms with Gasteiger partial charge in [0.2, 0.25) is 0 Å². The van der Waals surface area contributed by atoms with Gasteiger partial charge in [0.25, 0.3) is 0 Å². The van der Waals surface area contributed by atoms with Crippen LogP contribution in [0.1, 0.15) is 38.8 Å². The zero-order valence-electron chi connectivity index (χ0n) is 12.6. The first-order valence-electron chi connectivity index (χ1n) is 7.43. The van der Waals surface area contributed by atoms with E-state index < -0.39 is 0 Å². The number of nitrogens with two attached hydrogens (primary N) is 1. The summed E-state index contributed by atoms with van der Waals surface area (Å²) < 4.78 is 14.2. The van der Waals surface area contributed by atoms with Crippen molar-refractivity contribution in [1.29, 1.82) is 0 Å². The van der Waals surface area contributed by atoms with Crippen LogP contribution < -0.4 is 5.73 Å². The van der Waals surface area contributed by atoms with Crippen LogP contribution in [0.2, 0.25) is 0 Å². The van der Waals surface area contributed by atoms with Crippen LogP contribution in [0.15, 0.2) is 24.3 Å². The minimum absolute atomic E-state index is 0.0282. The van der Waals surface area contributed by atoms with E-state index in [0.717, 1.165) is 24.3 Å². The van der Waals surface area contributed by atoms with Crippen LogP contribution in [0.5, 0.6) is 0 Å². The van der Waals surface area contributed by atoms with Crippen molar-refractivity contribution in [2.45, 2.75) is 50.6 Å². The largest absolute Gasteiger partial charge is 0.326 e. The lowest BCUT2D eigenvalue weighted by Gasteiger charge is -2.44. The third-order valence-corrected chi connectivity index (χ3v) is 5.73. The topological polar surface area (TPSA) is 29.3 Å². The summed E-state index contributed by atoms with van der Waals surface area (Å²) in [6, 6.07) is 7.42. The summed E-state index contributed by atoms with van der Waals surface area (Å²) in [7, 11) is 0. The van der Waals surface area contributed by atoms with Crippen LogP contribution in [0.25, 0.3) is 0 Å². The van der Waals surface area contributed by atoms with Crippen molar-refractivity contribution in [2.24, 2.45) is 5.73 Å². The maximum absolute atomic E-state index is 14.2. The molecule has 0 spiro atoms. The zero-order chi connectivity index (χ0) is 14.7. The third kappa shape index (κ3) is 3.18. The average molecular weight is 296 g/mol. The molecule has 112 valence electrons. The predicted octanol–water partition coefficient (Wildman–Crippen LogP) is 3.43. The number of hydrogen-bond donors (Lipinski definition) is 1. The van der Waals surface area contributed by atoms with E-state index >= 15 is 0 Å². The Morgan fingerprint density at radius 3 is 2.75 bits per heavy atom. The Bertz CT molecular complexity index is 440. The Morgan fingerprint density at radius 2 is 2.10 bits per heavy atom. The van der Waals surface area contributed by atoms with Gasteiger partial charge in [-0.25, -0.2) is 4.39 Å². The van der Waals surface area contributed by atoms with E-state index in [9.17, 15) is 4.39 Å². The second kappa shape index (κ2) is 6.92. The van der Waals surface area contributed by atoms with Gasteiger partial charge in [0.05, 0.1) is 6.04 Å². The fourth-order valence-corrected chi connectivity index (χ4v) is 4.07. The average Bonchev–Trinajstić information content (AvgIpc) is 2.45. The molecule has 0 bridgehead atoms. The van der Waals surface area contributed by atoms with Crippen LogP contribution in [-0.2, 0) is 0 Å². The Morgan fingerprint density at radius 1 is 1.40 bits per heavy atom. The molecule has 0 amide bonds. The zero-order valence-corrected chi connectivity index (χ0v) is 13.4. The van der Waals surface area contributed by atoms with Crippen molar-refractivity contribution < 1.29 is 4.39 Å². The fraction of sp³-hybridized carbons (Fsp3) is 0.625. The van der Waals surface area contributed by atoms with Crippen LogP contribution in [0.4, 0.5) is 4.39 Å². The lowest BCUT2D eigenvalue weighted by atomic mass is 9.94. The molecule has 0 saturated carbocycles. The fourth-order valence-electron chi connectivity index (χ4n) is 2.94. The molecule has 0 aliphatic carbocycles. The van der Waals surface area contributed by atoms with E-state index in [4.69, 9.17) is 5.73 Å². The SMILES string of the molecule is CCC(N)C(c1ccccc1F)N1CCSC(C)C1C. The van der Waals surface area contributed by atoms with Gasteiger partial charge < -0.3 is 5.73 Å². The molecule has 1 fully saturated rings. The summed E-state index contributed by atoms with van der Waals surface area (Å²) in [4.78, 5) is 2.40. The number of hydrogen-bond acceptors (Lipinski definition) is 3. The van der Waals surface area contributed by atoms with Crippen LogP contribution in [0, 0.1) is 5.82 Å². The highest BCUT2D eigenvalue weighted by molar-refractivity contribution is 8.00. The first kappa shape index (κ1) is 15.8. The minimum Gasteiger partial charge on any atom is -0.326 e. The van der Waals surface area contributed by atoms with E-state index in [0.29, 0.717) is 11.3 Å². The van der Waals surface area contributed by atoms with Crippen LogP contribution in [0.3, 0.4) is 0 Å². The summed E-state index contributed by atoms with van der Waals surface area (Å²) in [5.41, 5.74) is 7.08. The highest BCUT2D eigenvalue weighted by atomic mass is 32.2. The van der Waals surface area contributed by atoms with Gasteiger partial charge in [-0.2, -0.15) is 11.8 Å². The molecule has 1 aliphatic heterocycles. The van der Waals surface area contributed by atoms with Crippen molar-refractivity contribution in [3.05, 3.63) is 35.6 Å². The summed E-state index contributed by atoms with van der Waals surface area (Å²) in [6.45, 7) is 7.53. The standard InChI is InChI=1S/C16H25FN2S/c1-4-15(18)16(13-7-5-6-8-14(13)17)19-9-10-20-12(3)11(19)2/h5-8,11-12,15-16H,4,9-10,18H2,1-3H3. The molecule has 1 saturated heterocycles. The van der Waals surface area contributed by atoms with Gasteiger partial charge in [-0.3, -0.25) is 4.90 Å². The molecule has 1 heterocycles. The molecule has 0 radical (unpaired) electrons. The molecule has 2 N–H and O–H groups in total. The predicted molar refractivity (Wildman–Crippen MR) is 85.5 cm³/mol. The van der Waals surface area contributed by atoms with E-state index in [1.807, 2.05) is 23.9 Å². The number of thioether (sulfide) groups is 1. The van der Waals surface area contributed by atoms with Gasteiger partial charge in [0.1, 0.15) is 5.82 Å². The summed E-state index contributed by atoms with van der Waals surface area (Å²) >= 11 is 1.99. The Labute approximate surface area is 125 Å². The van der Waals surface area contributed by atoms with Crippen molar-refractivity contribution >= 4 is 11.8 Å². The summed E-state index contributed by atoms with van der Waals surface area (Å²) in [5, 5.41) is 0.557. The molecular weight excluding hydrogens is 271 g/mol. The quantitative estimate of drug-likeness (QED) is 0.923. The maximum atomic E-state index is 14.2. The first-order valence-corrected chi connectivity index (χ1v) is 8.48. The molecule has 1 aliphatic rings. The Hall–Kier alpha value is -0.580. The molecule has 4 unspecified atom stereocenters. The summed E-state index contributed by atoms with van der Waals surface area (Å²) in [5.74, 6) is 0.951. The van der Waals surface area contributed by atoms with Gasteiger partial charge in [-0.15, -0.1) is 0 Å². The maximum Gasteiger partial charge on any atom is 0.128 e. The summed E-state index contributed by atoms with van der Waals surface area (Å²) in [6.07, 6.45) is 0.851. The second-order valence-electron chi connectivity index (χ2n) is 5.59. The van der Waals surface area contributed by atoms with Gasteiger partial charge in [-0.05, 0) is 19.4 Å². The van der Waals surface area contributed by atoms with Crippen molar-refractivity contribution in [1.82, 2.24) is 4.90 Å². The highest BCUT2D eigenvalue weighted by Crippen LogP contribution is 2.34. The molecular formula is C16H25FN2S. The number of rotatable bonds is 4. The molecule has 1 aromatic rings. The first-order chi connectivity index (χ1) is 9.56. The minimum atomic E-state index is -0.139. The molecule has 4 atom stereocenters. The number of nitrogens with zero attached hydrogens (tertiary/aromatic N) is 1. The van der Waals surface area contributed by atoms with Gasteiger partial charge >= 0.3 is 0 Å². The van der Waals surface area contributed by atoms with E-state index in [1.54, 1.807) is 6.07 Å². The van der Waals surface area contributed by atoms with Gasteiger partial charge in [0.15, 0.2) is 0 Å². The van der Waals surface area contributed by atoms with Crippen LogP contribution >= 0.6 is 11.8 Å². The Balaban J connectivity index is 2.35. The second-order valence-corrected chi connectivity index (χ2v) is 7.08. The lowest BCUT2D eigenvalue weighted by Crippen LogP contribution is -2.51. The Kier molecular flexibility index (Phi) is 5.47. The normalized spacial score (nSPS) is 27.2. The van der Waals surface area contributed by atoms with Gasteiger partial charge in [-0.1, -0.05) is 32.0 Å². The van der Waals surface area contributed by atoms with E-state index in [-0.39, 0.29) is 17.9 Å². The monoisotopic (exact) mass is 296 g/mol. The van der Waals surface area contributed by atoms with E-state index in [2.05, 4.69) is 25.7 Å². The van der Waals surface area contributed by atoms with Crippen molar-refractivity contribution in [3.63, 3.8) is 0 Å². The van der Waals surface area contributed by atoms with Crippen LogP contribution in [-0.4, -0.2) is 34.5 Å². The van der Waals surface area contributed by atoms with Crippen molar-refractivity contribution in [3.8, 4) is 0 Å². The molecule has 2 rings (SSSR count).